The minimum Gasteiger partial charge on any atom is -0.478 e. The van der Waals surface area contributed by atoms with E-state index in [2.05, 4.69) is 10.3 Å². The number of hydrogen-bond donors (Lipinski definition) is 2. The van der Waals surface area contributed by atoms with E-state index >= 15 is 0 Å². The molecule has 3 aromatic heterocycles. The van der Waals surface area contributed by atoms with Crippen molar-refractivity contribution < 1.29 is 9.90 Å². The molecular formula is C24H22N4O3. The number of rotatable bonds is 5. The Morgan fingerprint density at radius 2 is 1.81 bits per heavy atom. The summed E-state index contributed by atoms with van der Waals surface area (Å²) in [5.41, 5.74) is 4.63. The predicted octanol–water partition coefficient (Wildman–Crippen LogP) is 4.24. The average molecular weight is 414 g/mol. The van der Waals surface area contributed by atoms with Crippen molar-refractivity contribution in [3.63, 3.8) is 0 Å². The van der Waals surface area contributed by atoms with E-state index in [4.69, 9.17) is 4.98 Å². The lowest BCUT2D eigenvalue weighted by molar-refractivity contribution is 0.0698. The third kappa shape index (κ3) is 4.02. The van der Waals surface area contributed by atoms with E-state index in [1.54, 1.807) is 30.5 Å². The van der Waals surface area contributed by atoms with Crippen LogP contribution in [-0.2, 0) is 0 Å². The van der Waals surface area contributed by atoms with Crippen LogP contribution in [0.3, 0.4) is 0 Å². The summed E-state index contributed by atoms with van der Waals surface area (Å²) in [6.45, 7) is 5.71. The van der Waals surface area contributed by atoms with Crippen LogP contribution >= 0.6 is 0 Å². The molecule has 7 nitrogen and oxygen atoms in total. The number of aryl methyl sites for hydroxylation is 2. The zero-order chi connectivity index (χ0) is 22.1. The Hall–Kier alpha value is -4.00. The van der Waals surface area contributed by atoms with Gasteiger partial charge in [0.2, 0.25) is 0 Å². The molecule has 0 saturated heterocycles. The van der Waals surface area contributed by atoms with Crippen LogP contribution in [0.15, 0.2) is 65.6 Å². The third-order valence-electron chi connectivity index (χ3n) is 5.07. The van der Waals surface area contributed by atoms with Crippen LogP contribution in [0.4, 0.5) is 5.69 Å². The Kier molecular flexibility index (Phi) is 5.25. The number of anilines is 1. The minimum absolute atomic E-state index is 0.182. The molecule has 3 heterocycles. The van der Waals surface area contributed by atoms with Gasteiger partial charge in [-0.25, -0.2) is 9.78 Å². The van der Waals surface area contributed by atoms with Crippen molar-refractivity contribution in [1.82, 2.24) is 14.4 Å². The molecule has 4 aromatic rings. The van der Waals surface area contributed by atoms with Crippen LogP contribution in [0.1, 0.15) is 40.1 Å². The first-order chi connectivity index (χ1) is 14.8. The minimum atomic E-state index is -1.01. The van der Waals surface area contributed by atoms with E-state index < -0.39 is 5.97 Å². The molecule has 0 unspecified atom stereocenters. The van der Waals surface area contributed by atoms with Crippen molar-refractivity contribution >= 4 is 17.3 Å². The average Bonchev–Trinajstić information content (AvgIpc) is 2.74. The van der Waals surface area contributed by atoms with Gasteiger partial charge in [0.25, 0.3) is 5.56 Å². The number of para-hydroxylation sites is 1. The van der Waals surface area contributed by atoms with Gasteiger partial charge < -0.3 is 10.4 Å². The van der Waals surface area contributed by atoms with Crippen molar-refractivity contribution in [2.45, 2.75) is 26.8 Å². The van der Waals surface area contributed by atoms with Crippen LogP contribution in [0, 0.1) is 13.8 Å². The molecule has 7 heteroatoms. The molecular weight excluding hydrogens is 392 g/mol. The smallest absolute Gasteiger partial charge is 0.337 e. The van der Waals surface area contributed by atoms with Gasteiger partial charge in [0.05, 0.1) is 23.0 Å². The number of carboxylic acid groups (broad SMARTS) is 1. The van der Waals surface area contributed by atoms with E-state index in [0.717, 1.165) is 16.8 Å². The molecule has 1 atom stereocenters. The molecule has 0 aliphatic carbocycles. The first kappa shape index (κ1) is 20.3. The zero-order valence-corrected chi connectivity index (χ0v) is 17.5. The van der Waals surface area contributed by atoms with Gasteiger partial charge in [0.15, 0.2) is 0 Å². The highest BCUT2D eigenvalue weighted by Gasteiger charge is 2.17. The molecule has 2 N–H and O–H groups in total. The third-order valence-corrected chi connectivity index (χ3v) is 5.07. The van der Waals surface area contributed by atoms with Gasteiger partial charge >= 0.3 is 5.97 Å². The Morgan fingerprint density at radius 3 is 2.55 bits per heavy atom. The summed E-state index contributed by atoms with van der Waals surface area (Å²) in [5.74, 6) is -1.01. The Morgan fingerprint density at radius 1 is 1.03 bits per heavy atom. The number of aromatic nitrogens is 3. The summed E-state index contributed by atoms with van der Waals surface area (Å²) < 4.78 is 1.52. The second-order valence-corrected chi connectivity index (χ2v) is 7.53. The van der Waals surface area contributed by atoms with Crippen molar-refractivity contribution in [2.24, 2.45) is 0 Å². The molecule has 156 valence electrons. The highest BCUT2D eigenvalue weighted by molar-refractivity contribution is 5.94. The number of hydrogen-bond acceptors (Lipinski definition) is 5. The van der Waals surface area contributed by atoms with Gasteiger partial charge in [-0.1, -0.05) is 18.2 Å². The van der Waals surface area contributed by atoms with E-state index in [9.17, 15) is 14.7 Å². The zero-order valence-electron chi connectivity index (χ0n) is 17.5. The molecule has 4 rings (SSSR count). The fourth-order valence-electron chi connectivity index (χ4n) is 3.61. The Bertz CT molecular complexity index is 1360. The lowest BCUT2D eigenvalue weighted by atomic mass is 10.1. The van der Waals surface area contributed by atoms with Crippen LogP contribution in [0.25, 0.3) is 17.0 Å². The normalized spacial score (nSPS) is 12.0. The number of nitrogens with zero attached hydrogens (tertiary/aromatic N) is 3. The summed E-state index contributed by atoms with van der Waals surface area (Å²) in [5, 5.41) is 12.7. The van der Waals surface area contributed by atoms with Crippen molar-refractivity contribution in [1.29, 1.82) is 0 Å². The van der Waals surface area contributed by atoms with E-state index in [1.165, 1.54) is 10.5 Å². The lowest BCUT2D eigenvalue weighted by Crippen LogP contribution is -2.19. The summed E-state index contributed by atoms with van der Waals surface area (Å²) in [6.07, 6.45) is 1.75. The molecule has 0 radical (unpaired) electrons. The monoisotopic (exact) mass is 414 g/mol. The maximum atomic E-state index is 12.9. The van der Waals surface area contributed by atoms with Gasteiger partial charge in [-0.2, -0.15) is 0 Å². The van der Waals surface area contributed by atoms with Gasteiger partial charge in [-0.3, -0.25) is 14.2 Å². The largest absolute Gasteiger partial charge is 0.478 e. The number of pyridine rings is 2. The van der Waals surface area contributed by atoms with Crippen LogP contribution in [0.2, 0.25) is 0 Å². The molecule has 1 aromatic carbocycles. The maximum absolute atomic E-state index is 12.9. The highest BCUT2D eigenvalue weighted by Crippen LogP contribution is 2.26. The molecule has 0 aliphatic heterocycles. The van der Waals surface area contributed by atoms with Crippen molar-refractivity contribution in [3.8, 4) is 11.4 Å². The maximum Gasteiger partial charge on any atom is 0.337 e. The van der Waals surface area contributed by atoms with Crippen LogP contribution in [-0.4, -0.2) is 25.4 Å². The first-order valence-corrected chi connectivity index (χ1v) is 9.90. The summed E-state index contributed by atoms with van der Waals surface area (Å²) in [6, 6.07) is 15.5. The summed E-state index contributed by atoms with van der Waals surface area (Å²) in [7, 11) is 0. The lowest BCUT2D eigenvalue weighted by Gasteiger charge is -2.19. The van der Waals surface area contributed by atoms with Crippen molar-refractivity contribution in [3.05, 3.63) is 93.5 Å². The number of benzene rings is 1. The molecule has 0 bridgehead atoms. The van der Waals surface area contributed by atoms with Gasteiger partial charge in [0, 0.05) is 29.2 Å². The number of nitrogens with one attached hydrogen (secondary N) is 1. The number of aromatic carboxylic acids is 1. The van der Waals surface area contributed by atoms with Crippen LogP contribution in [0.5, 0.6) is 0 Å². The van der Waals surface area contributed by atoms with Gasteiger partial charge in [0.1, 0.15) is 5.65 Å². The van der Waals surface area contributed by atoms with E-state index in [0.29, 0.717) is 22.7 Å². The molecule has 0 aliphatic rings. The fourth-order valence-corrected chi connectivity index (χ4v) is 3.61. The second kappa shape index (κ2) is 8.02. The standard InChI is InChI=1S/C24H22N4O3/c1-14-11-18(16(3)26-19-9-5-4-8-17(19)24(30)31)23-27-21(12-22(29)28(23)13-14)20-10-6-7-15(2)25-20/h4-13,16,26H,1-3H3,(H,30,31)/t16-/m1/s1. The second-order valence-electron chi connectivity index (χ2n) is 7.53. The molecule has 0 fully saturated rings. The molecule has 31 heavy (non-hydrogen) atoms. The number of carboxylic acids is 1. The molecule has 0 saturated carbocycles. The molecule has 0 spiro atoms. The number of carbonyl (C=O) groups is 1. The fraction of sp³-hybridized carbons (Fsp3) is 0.167. The van der Waals surface area contributed by atoms with E-state index in [-0.39, 0.29) is 17.2 Å². The number of fused-ring (bicyclic) bond motifs is 1. The Labute approximate surface area is 179 Å². The highest BCUT2D eigenvalue weighted by atomic mass is 16.4. The van der Waals surface area contributed by atoms with Crippen molar-refractivity contribution in [2.75, 3.05) is 5.32 Å². The SMILES string of the molecule is Cc1cc([C@@H](C)Nc2ccccc2C(=O)O)c2nc(-c3cccc(C)n3)cc(=O)n2c1. The van der Waals surface area contributed by atoms with Gasteiger partial charge in [-0.05, 0) is 56.7 Å². The summed E-state index contributed by atoms with van der Waals surface area (Å²) >= 11 is 0. The first-order valence-electron chi connectivity index (χ1n) is 9.90. The van der Waals surface area contributed by atoms with E-state index in [1.807, 2.05) is 45.0 Å². The quantitative estimate of drug-likeness (QED) is 0.507. The van der Waals surface area contributed by atoms with Crippen LogP contribution < -0.4 is 10.9 Å². The Balaban J connectivity index is 1.85. The molecule has 0 amide bonds. The van der Waals surface area contributed by atoms with Gasteiger partial charge in [-0.15, -0.1) is 0 Å². The topological polar surface area (TPSA) is 96.6 Å². The summed E-state index contributed by atoms with van der Waals surface area (Å²) in [4.78, 5) is 33.7. The predicted molar refractivity (Wildman–Crippen MR) is 120 cm³/mol.